The van der Waals surface area contributed by atoms with Crippen LogP contribution in [0.25, 0.3) is 0 Å². The molecule has 0 aromatic carbocycles. The number of rotatable bonds is 7. The number of halogens is 4. The maximum absolute atomic E-state index is 12.0. The molecule has 0 bridgehead atoms. The molecule has 0 radical (unpaired) electrons. The first-order valence-electron chi connectivity index (χ1n) is 38.1. The number of aliphatic hydroxyl groups is 3. The molecule has 3 aromatic rings. The largest absolute Gasteiger partial charge is 1.00 e. The summed E-state index contributed by atoms with van der Waals surface area (Å²) in [5, 5.41) is 41.5. The quantitative estimate of drug-likeness (QED) is 0.0278. The van der Waals surface area contributed by atoms with Crippen LogP contribution in [0.2, 0.25) is 15.7 Å². The van der Waals surface area contributed by atoms with Gasteiger partial charge in [0.05, 0.1) is 57.9 Å². The third-order valence-electron chi connectivity index (χ3n) is 6.22. The summed E-state index contributed by atoms with van der Waals surface area (Å²) in [5.74, 6) is -16.1. The number of carbonyl (C=O) groups excluding carboxylic acids is 4. The Morgan fingerprint density at radius 2 is 1.19 bits per heavy atom. The summed E-state index contributed by atoms with van der Waals surface area (Å²) in [4.78, 5) is 71.0. The Balaban J connectivity index is -0.000000706. The van der Waals surface area contributed by atoms with E-state index in [1.54, 1.807) is 20.8 Å². The first-order chi connectivity index (χ1) is 47.8. The minimum atomic E-state index is -4.29. The Morgan fingerprint density at radius 3 is 1.58 bits per heavy atom. The number of H-pyrrole nitrogens is 2. The summed E-state index contributed by atoms with van der Waals surface area (Å²) in [6.07, 6.45) is -50.4. The zero-order valence-corrected chi connectivity index (χ0v) is 49.3. The average molecular weight is 1220 g/mol. The van der Waals surface area contributed by atoms with Gasteiger partial charge in [0.1, 0.15) is 16.1 Å². The molecule has 3 aliphatic carbocycles. The topological polar surface area (TPSA) is 411 Å². The van der Waals surface area contributed by atoms with Crippen molar-refractivity contribution in [3.63, 3.8) is 0 Å². The Hall–Kier alpha value is -1.29. The number of anilines is 1. The van der Waals surface area contributed by atoms with Crippen LogP contribution < -0.4 is 153 Å². The number of nitrogens with one attached hydrogen (secondary N) is 3. The van der Waals surface area contributed by atoms with Gasteiger partial charge in [0.2, 0.25) is 16.5 Å². The first kappa shape index (κ1) is 31.6. The molecule has 6 rings (SSSR count). The Bertz CT molecular complexity index is 4010. The molecule has 9 atom stereocenters. The van der Waals surface area contributed by atoms with E-state index in [9.17, 15) is 29.7 Å². The molecule has 23 nitrogen and oxygen atoms in total. The molecule has 0 aliphatic heterocycles. The fraction of sp³-hybridized carbons (Fsp3) is 0.644. The van der Waals surface area contributed by atoms with E-state index in [4.69, 9.17) is 127 Å². The molecule has 0 saturated heterocycles. The van der Waals surface area contributed by atoms with Crippen LogP contribution in [0.3, 0.4) is 0 Å². The van der Waals surface area contributed by atoms with Gasteiger partial charge in [-0.05, 0) is 140 Å². The molecular formula is C45H76Cl4K2N14O9. The number of aromatic nitrogens is 6. The van der Waals surface area contributed by atoms with Crippen molar-refractivity contribution < 1.29 is 202 Å². The average Bonchev–Trinajstić information content (AvgIpc) is 0.661. The van der Waals surface area contributed by atoms with Crippen LogP contribution >= 0.6 is 47.2 Å². The summed E-state index contributed by atoms with van der Waals surface area (Å²) in [6, 6.07) is -11.3. The van der Waals surface area contributed by atoms with Crippen LogP contribution in [0, 0.1) is 17.7 Å². The molecule has 29 heteroatoms. The molecule has 410 valence electrons. The van der Waals surface area contributed by atoms with Gasteiger partial charge in [-0.2, -0.15) is 0 Å². The maximum atomic E-state index is 12.0. The molecule has 9 unspecified atom stereocenters. The molecule has 3 fully saturated rings. The van der Waals surface area contributed by atoms with E-state index in [-0.39, 0.29) is 157 Å². The van der Waals surface area contributed by atoms with Crippen LogP contribution in [0.15, 0.2) is 28.5 Å². The Labute approximate surface area is 595 Å². The Kier molecular flexibility index (Phi) is 16.4. The molecule has 3 aliphatic rings. The molecule has 3 saturated carbocycles. The number of aromatic amines is 2. The maximum Gasteiger partial charge on any atom is 1.00 e. The van der Waals surface area contributed by atoms with Crippen LogP contribution in [0.1, 0.15) is 205 Å². The van der Waals surface area contributed by atoms with Crippen molar-refractivity contribution in [1.29, 1.82) is 0 Å². The standard InChI is InChI=1S/C16H27N5O2.C12H17ClN4O2.C7H15NO.C5H3Cl2N3O.C4H11N.CH2O3.ClH.2K.H/c1-9-5-6-10(7-12(9)22)19-14-11(13(17)23)8-18-15(20-14)21-16(2,3)4;1-6-2-3-7(4-9(6)18)16-11-8(10(14)19)5-15-12(13)17-11;1-5-2-3-6(8)4-7(5)9;6-3-2(4(8)11)1-9-5(7)10-3;1-4(2,3)5;2-1-4-3;;;;/h8-10,12,22H,5-7H2,1-4H3,(H2,17,23)(H2,18,19,20,21);5-7,9,18H,2-4H2,1H3,(H2,14,19)(H,15,16,17);5-7,9H,2-4,8H2,1H3;1H,(H2,8,11);5H2,1-3H3;1,3H;1H;;;/q;;;;;;;2*+1;-1/p-1/i1D3,5D2,6D2,7D2,8D,9D,10D,12D;1D3,2D2,3D2,4D2,5D,6D,7D,9D;1D3,2D2,3D2,4D2,5D,6D,7D;1D;;;;;;. The number of hydrogen-bond donors (Lipinski definition) is 11. The predicted molar refractivity (Wildman–Crippen MR) is 276 cm³/mol. The second-order valence-corrected chi connectivity index (χ2v) is 15.8. The van der Waals surface area contributed by atoms with Crippen LogP contribution in [0.4, 0.5) is 5.95 Å². The molecule has 3 amide bonds. The second kappa shape index (κ2) is 38.3. The predicted octanol–water partition coefficient (Wildman–Crippen LogP) is -3.12. The van der Waals surface area contributed by atoms with E-state index >= 15 is 0 Å². The first-order valence-corrected chi connectivity index (χ1v) is 19.7. The van der Waals surface area contributed by atoms with Gasteiger partial charge in [0.25, 0.3) is 24.2 Å². The zero-order chi connectivity index (χ0) is 88.9. The third kappa shape index (κ3) is 32.6. The fourth-order valence-corrected chi connectivity index (χ4v) is 4.14. The van der Waals surface area contributed by atoms with Crippen LogP contribution in [-0.4, -0.2) is 117 Å². The van der Waals surface area contributed by atoms with Crippen molar-refractivity contribution in [2.75, 3.05) is 5.32 Å². The van der Waals surface area contributed by atoms with Crippen molar-refractivity contribution >= 4 is 77.4 Å². The van der Waals surface area contributed by atoms with Crippen LogP contribution in [0.5, 0.6) is 0 Å². The number of carbonyl (C=O) groups is 4. The van der Waals surface area contributed by atoms with E-state index < -0.39 is 195 Å². The minimum absolute atomic E-state index is 0. The van der Waals surface area contributed by atoms with Crippen molar-refractivity contribution in [3.8, 4) is 0 Å². The molecule has 74 heavy (non-hydrogen) atoms. The van der Waals surface area contributed by atoms with E-state index in [0.717, 1.165) is 0 Å². The summed E-state index contributed by atoms with van der Waals surface area (Å²) in [5.41, 5.74) is 21.2. The number of amides is 3. The zero-order valence-electron chi connectivity index (χ0n) is 80.0. The van der Waals surface area contributed by atoms with Gasteiger partial charge in [0.15, 0.2) is 0 Å². The van der Waals surface area contributed by atoms with Gasteiger partial charge in [0, 0.05) is 78.1 Å². The van der Waals surface area contributed by atoms with Crippen molar-refractivity contribution in [3.05, 3.63) is 61.9 Å². The summed E-state index contributed by atoms with van der Waals surface area (Å²) in [6.45, 7) is -0.925. The minimum Gasteiger partial charge on any atom is -1.00 e. The van der Waals surface area contributed by atoms with E-state index in [0.29, 0.717) is 0 Å². The van der Waals surface area contributed by atoms with E-state index in [1.807, 2.05) is 25.8 Å². The summed E-state index contributed by atoms with van der Waals surface area (Å²) in [7, 11) is 0. The summed E-state index contributed by atoms with van der Waals surface area (Å²) < 4.78 is 306. The number of primary amides is 3. The summed E-state index contributed by atoms with van der Waals surface area (Å²) >= 11 is 16.5. The van der Waals surface area contributed by atoms with Gasteiger partial charge >= 0.3 is 103 Å². The van der Waals surface area contributed by atoms with Gasteiger partial charge in [-0.25, -0.2) is 19.9 Å². The van der Waals surface area contributed by atoms with Gasteiger partial charge in [-0.3, -0.25) is 29.2 Å². The fourth-order valence-electron chi connectivity index (χ4n) is 3.63. The normalized spacial score (nSPS) is 46.7. The molecule has 3 heterocycles. The van der Waals surface area contributed by atoms with Crippen LogP contribution in [-0.2, 0) is 9.68 Å². The molecule has 3 aromatic heterocycles. The number of nitrogens with two attached hydrogens (primary N) is 5. The molecule has 16 N–H and O–H groups in total. The van der Waals surface area contributed by atoms with Crippen molar-refractivity contribution in [2.24, 2.45) is 56.3 Å². The number of hydrogen-bond acceptors (Lipinski definition) is 18. The monoisotopic (exact) mass is 1210 g/mol. The smallest absolute Gasteiger partial charge is 1.00 e. The SMILES string of the molecule is CC(C)(C)N.Cl.O=CO[O-].[2H]C([2H])([2H])C1([2H])C([2H])([2H])C([2H])([2H])C([2H])(N)C([2H])([2H])C1([2H])O.[2H]c1nc(Cl)[nH]c(=NC2([2H])C([2H])([2H])C([2H])([2H])C([2H])(C([2H])([2H])[2H])C([2H])(O)C2([2H])[2H])c1C(N)=O.[2H]c1nc(Cl)nc(Cl)c1C(N)=O.[2H]c1nc(NC(C)(C)C)[nH]c(=NC2([2H])C([2H])([2H])C([2H])([2H])C([2H])(C([2H])([2H])[2H])C([2H])(O)C2([2H])[2H])c1C(N)=O.[H-].[K+].[K+]. The second-order valence-electron chi connectivity index (χ2n) is 14.7. The van der Waals surface area contributed by atoms with Gasteiger partial charge < -0.3 is 70.8 Å². The molecule has 0 spiro atoms. The van der Waals surface area contributed by atoms with Gasteiger partial charge in [-0.15, -0.1) is 12.4 Å². The van der Waals surface area contributed by atoms with E-state index in [2.05, 4.69) is 45.1 Å². The van der Waals surface area contributed by atoms with Crippen molar-refractivity contribution in [1.82, 2.24) is 29.9 Å². The number of nitrogens with zero attached hydrogens (tertiary/aromatic N) is 6. The van der Waals surface area contributed by atoms with Crippen molar-refractivity contribution in [2.45, 2.75) is 167 Å². The van der Waals surface area contributed by atoms with E-state index in [1.165, 1.54) is 0 Å². The van der Waals surface area contributed by atoms with Gasteiger partial charge in [-0.1, -0.05) is 32.2 Å². The third-order valence-corrected chi connectivity index (χ3v) is 6.85. The Morgan fingerprint density at radius 1 is 0.797 bits per heavy atom. The molecular weight excluding hydrogens is 1100 g/mol.